The van der Waals surface area contributed by atoms with Gasteiger partial charge in [-0.1, -0.05) is 0 Å². The van der Waals surface area contributed by atoms with E-state index in [-0.39, 0.29) is 0 Å². The van der Waals surface area contributed by atoms with Crippen molar-refractivity contribution in [2.45, 2.75) is 0 Å². The molecule has 0 bridgehead atoms. The molecule has 0 aromatic heterocycles. The molecule has 0 aromatic carbocycles. The summed E-state index contributed by atoms with van der Waals surface area (Å²) in [5, 5.41) is 0. The minimum absolute atomic E-state index is 1.03. The third kappa shape index (κ3) is 5.38. The fourth-order valence-electron chi connectivity index (χ4n) is 0. The fraction of sp³-hybridized carbons (Fsp3) is 0. The van der Waals surface area contributed by atoms with E-state index in [4.69, 9.17) is 0 Å². The summed E-state index contributed by atoms with van der Waals surface area (Å²) in [5.41, 5.74) is 0. The zero-order chi connectivity index (χ0) is 4.28. The van der Waals surface area contributed by atoms with Crippen LogP contribution in [0.4, 0.5) is 4.20 Å². The van der Waals surface area contributed by atoms with Gasteiger partial charge in [0.2, 0.25) is 0 Å². The van der Waals surface area contributed by atoms with Gasteiger partial charge in [0.25, 0.3) is 0 Å². The predicted octanol–water partition coefficient (Wildman–Crippen LogP) is 1.27. The number of rotatable bonds is 0. The first kappa shape index (κ1) is 6.38. The number of hydrogen-bond acceptors (Lipinski definition) is 1. The van der Waals surface area contributed by atoms with Crippen LogP contribution in [0.1, 0.15) is 0 Å². The summed E-state index contributed by atoms with van der Waals surface area (Å²) >= 11 is 6.16. The van der Waals surface area contributed by atoms with Crippen molar-refractivity contribution in [2.75, 3.05) is 0 Å². The second-order valence-electron chi connectivity index (χ2n) is 0.294. The molecular weight excluding hydrogens is 165 g/mol. The van der Waals surface area contributed by atoms with E-state index in [1.807, 2.05) is 15.7 Å². The fourth-order valence-corrected chi connectivity index (χ4v) is 0. The summed E-state index contributed by atoms with van der Waals surface area (Å²) in [6, 6.07) is 0. The Labute approximate surface area is 47.1 Å². The van der Waals surface area contributed by atoms with E-state index in [1.54, 1.807) is 0 Å². The van der Waals surface area contributed by atoms with Crippen molar-refractivity contribution < 1.29 is 19.9 Å². The normalized spacial score (nSPS) is 10.2. The van der Waals surface area contributed by atoms with E-state index in [9.17, 15) is 4.20 Å². The quantitative estimate of drug-likeness (QED) is 0.384. The molecule has 0 fully saturated rings. The van der Waals surface area contributed by atoms with Crippen LogP contribution in [0.5, 0.6) is 0 Å². The Hall–Kier alpha value is 1.38. The van der Waals surface area contributed by atoms with Gasteiger partial charge in [0, 0.05) is 0 Å². The van der Waals surface area contributed by atoms with Crippen LogP contribution in [0.3, 0.4) is 0 Å². The van der Waals surface area contributed by atoms with Crippen molar-refractivity contribution in [1.82, 2.24) is 0 Å². The van der Waals surface area contributed by atoms with Gasteiger partial charge in [-0.15, -0.1) is 0 Å². The van der Waals surface area contributed by atoms with Crippen LogP contribution in [0.2, 0.25) is 0 Å². The second-order valence-corrected chi connectivity index (χ2v) is 6.28. The van der Waals surface area contributed by atoms with E-state index in [1.165, 1.54) is 0 Å². The van der Waals surface area contributed by atoms with E-state index >= 15 is 0 Å². The molecule has 0 aliphatic heterocycles. The first-order chi connectivity index (χ1) is 2.27. The van der Waals surface area contributed by atoms with E-state index in [0.29, 0.717) is 0 Å². The Bertz CT molecular complexity index is 69.7. The molecule has 0 saturated carbocycles. The zero-order valence-corrected chi connectivity index (χ0v) is 6.01. The molecular formula is FPS2V. The van der Waals surface area contributed by atoms with Gasteiger partial charge in [0.15, 0.2) is 0 Å². The van der Waals surface area contributed by atoms with Gasteiger partial charge in [0.05, 0.1) is 0 Å². The predicted molar refractivity (Wildman–Crippen MR) is 22.8 cm³/mol. The molecule has 1 atom stereocenters. The van der Waals surface area contributed by atoms with Crippen LogP contribution in [0, 0.1) is 0 Å². The Morgan fingerprint density at radius 3 is 2.20 bits per heavy atom. The zero-order valence-electron chi connectivity index (χ0n) is 2.09. The summed E-state index contributed by atoms with van der Waals surface area (Å²) in [6.07, 6.45) is -1.63. The average molecular weight is 165 g/mol. The van der Waals surface area contributed by atoms with Gasteiger partial charge < -0.3 is 0 Å². The van der Waals surface area contributed by atoms with Crippen LogP contribution < -0.4 is 0 Å². The molecule has 0 aliphatic rings. The monoisotopic (exact) mass is 165 g/mol. The summed E-state index contributed by atoms with van der Waals surface area (Å²) in [4.78, 5) is 0. The topological polar surface area (TPSA) is 0 Å². The Morgan fingerprint density at radius 1 is 2.00 bits per heavy atom. The molecule has 0 amide bonds. The third-order valence-corrected chi connectivity index (χ3v) is 4.86. The molecule has 0 nitrogen and oxygen atoms in total. The summed E-state index contributed by atoms with van der Waals surface area (Å²) in [7, 11) is 1.03. The van der Waals surface area contributed by atoms with E-state index in [0.717, 1.165) is 8.59 Å². The summed E-state index contributed by atoms with van der Waals surface area (Å²) < 4.78 is 11.3. The molecule has 0 aliphatic carbocycles. The maximum absolute atomic E-state index is 11.3. The molecule has 29 valence electrons. The first-order valence-electron chi connectivity index (χ1n) is 0.717. The van der Waals surface area contributed by atoms with Crippen molar-refractivity contribution >= 4 is 27.1 Å². The van der Waals surface area contributed by atoms with Crippen molar-refractivity contribution in [3.05, 3.63) is 0 Å². The van der Waals surface area contributed by atoms with Gasteiger partial charge >= 0.3 is 47.0 Å². The maximum atomic E-state index is 11.3. The molecule has 0 saturated heterocycles. The van der Waals surface area contributed by atoms with Crippen molar-refractivity contribution in [1.29, 1.82) is 0 Å². The van der Waals surface area contributed by atoms with Crippen LogP contribution in [-0.4, -0.2) is 0 Å². The molecule has 1 unspecified atom stereocenters. The van der Waals surface area contributed by atoms with Gasteiger partial charge in [0.1, 0.15) is 0 Å². The van der Waals surface area contributed by atoms with Gasteiger partial charge in [-0.25, -0.2) is 0 Å². The Morgan fingerprint density at radius 2 is 2.20 bits per heavy atom. The number of hydrogen-bond donors (Lipinski definition) is 0. The summed E-state index contributed by atoms with van der Waals surface area (Å²) in [6.45, 7) is 0. The van der Waals surface area contributed by atoms with Crippen molar-refractivity contribution in [2.24, 2.45) is 0 Å². The van der Waals surface area contributed by atoms with Crippen LogP contribution in [-0.2, 0) is 36.6 Å². The molecule has 0 heterocycles. The third-order valence-electron chi connectivity index (χ3n) is 0.0642. The van der Waals surface area contributed by atoms with Crippen molar-refractivity contribution in [3.63, 3.8) is 0 Å². The molecule has 0 N–H and O–H groups in total. The molecule has 0 spiro atoms. The minimum atomic E-state index is -1.63. The standard InChI is InChI=1S/FPS2.V/c1-2(3)4;. The average Bonchev–Trinajstić information content (AvgIpc) is 1.38. The van der Waals surface area contributed by atoms with Gasteiger partial charge in [-0.05, 0) is 0 Å². The SMILES string of the molecule is F[P+]([S-])=[S]=[V]. The van der Waals surface area contributed by atoms with Crippen LogP contribution >= 0.6 is 6.21 Å². The van der Waals surface area contributed by atoms with E-state index in [2.05, 4.69) is 12.2 Å². The summed E-state index contributed by atoms with van der Waals surface area (Å²) in [5.74, 6) is 0. The molecule has 5 heavy (non-hydrogen) atoms. The molecule has 5 heteroatoms. The number of halogens is 1. The Balaban J connectivity index is 3.60. The van der Waals surface area contributed by atoms with Gasteiger partial charge in [-0.2, -0.15) is 0 Å². The molecule has 0 rings (SSSR count). The second kappa shape index (κ2) is 3.57. The first-order valence-corrected chi connectivity index (χ1v) is 6.05. The van der Waals surface area contributed by atoms with Crippen LogP contribution in [0.15, 0.2) is 0 Å². The van der Waals surface area contributed by atoms with E-state index < -0.39 is 6.21 Å². The van der Waals surface area contributed by atoms with Gasteiger partial charge in [-0.3, -0.25) is 0 Å². The van der Waals surface area contributed by atoms with Crippen molar-refractivity contribution in [3.8, 4) is 0 Å². The molecule has 0 radical (unpaired) electrons. The Kier molecular flexibility index (Phi) is 4.56. The molecule has 0 aromatic rings. The van der Waals surface area contributed by atoms with Crippen LogP contribution in [0.25, 0.3) is 0 Å².